The van der Waals surface area contributed by atoms with Crippen molar-refractivity contribution in [3.05, 3.63) is 30.0 Å². The molecule has 1 amide bonds. The number of nitrogens with two attached hydrogens (primary N) is 1. The van der Waals surface area contributed by atoms with Crippen molar-refractivity contribution in [3.63, 3.8) is 0 Å². The molecule has 0 saturated heterocycles. The fraction of sp³-hybridized carbons (Fsp3) is 0.167. The smallest absolute Gasteiger partial charge is 0.222 e. The summed E-state index contributed by atoms with van der Waals surface area (Å²) in [6, 6.07) is 7.48. The van der Waals surface area contributed by atoms with E-state index in [1.54, 1.807) is 6.07 Å². The number of hydrogen-bond donors (Lipinski definition) is 2. The summed E-state index contributed by atoms with van der Waals surface area (Å²) in [7, 11) is 0. The number of hydrogen-bond acceptors (Lipinski definition) is 3. The van der Waals surface area contributed by atoms with Gasteiger partial charge in [0, 0.05) is 29.1 Å². The van der Waals surface area contributed by atoms with E-state index >= 15 is 0 Å². The minimum Gasteiger partial charge on any atom is -0.398 e. The van der Waals surface area contributed by atoms with Gasteiger partial charge < -0.3 is 11.1 Å². The van der Waals surface area contributed by atoms with Crippen molar-refractivity contribution in [2.24, 2.45) is 0 Å². The predicted molar refractivity (Wildman–Crippen MR) is 65.2 cm³/mol. The lowest BCUT2D eigenvalue weighted by molar-refractivity contribution is -0.114. The molecule has 4 heteroatoms. The van der Waals surface area contributed by atoms with Gasteiger partial charge in [0.05, 0.1) is 0 Å². The first-order valence-corrected chi connectivity index (χ1v) is 5.01. The van der Waals surface area contributed by atoms with Crippen molar-refractivity contribution in [2.45, 2.75) is 13.8 Å². The van der Waals surface area contributed by atoms with Crippen molar-refractivity contribution in [3.8, 4) is 0 Å². The van der Waals surface area contributed by atoms with E-state index in [0.29, 0.717) is 11.5 Å². The maximum Gasteiger partial charge on any atom is 0.222 e. The number of amides is 1. The van der Waals surface area contributed by atoms with Crippen LogP contribution < -0.4 is 11.1 Å². The third-order valence-corrected chi connectivity index (χ3v) is 2.40. The first kappa shape index (κ1) is 10.4. The van der Waals surface area contributed by atoms with Crippen LogP contribution >= 0.6 is 0 Å². The number of carbonyl (C=O) groups excluding carboxylic acids is 1. The molecule has 0 spiro atoms. The zero-order valence-electron chi connectivity index (χ0n) is 9.24. The average molecular weight is 215 g/mol. The van der Waals surface area contributed by atoms with Crippen LogP contribution in [0.15, 0.2) is 24.3 Å². The number of benzene rings is 1. The molecule has 1 aromatic heterocycles. The van der Waals surface area contributed by atoms with Crippen molar-refractivity contribution >= 4 is 28.2 Å². The molecule has 0 bridgehead atoms. The summed E-state index contributed by atoms with van der Waals surface area (Å²) < 4.78 is 0. The normalized spacial score (nSPS) is 10.4. The van der Waals surface area contributed by atoms with Gasteiger partial charge in [0.15, 0.2) is 0 Å². The lowest BCUT2D eigenvalue weighted by Crippen LogP contribution is -2.08. The molecule has 3 N–H and O–H groups in total. The van der Waals surface area contributed by atoms with Crippen molar-refractivity contribution < 1.29 is 4.79 Å². The number of rotatable bonds is 1. The lowest BCUT2D eigenvalue weighted by Gasteiger charge is -2.08. The standard InChI is InChI=1S/C12H13N3O/c1-7-9-4-3-5-11(13)10(9)6-12(14-7)15-8(2)16/h3-6H,13H2,1-2H3,(H,14,15,16). The van der Waals surface area contributed by atoms with Gasteiger partial charge in [-0.25, -0.2) is 4.98 Å². The Hall–Kier alpha value is -2.10. The first-order chi connectivity index (χ1) is 7.58. The number of nitrogen functional groups attached to an aromatic ring is 1. The van der Waals surface area contributed by atoms with Crippen LogP contribution in [-0.4, -0.2) is 10.9 Å². The van der Waals surface area contributed by atoms with Gasteiger partial charge in [0.25, 0.3) is 0 Å². The quantitative estimate of drug-likeness (QED) is 0.716. The summed E-state index contributed by atoms with van der Waals surface area (Å²) in [5.41, 5.74) is 7.43. The summed E-state index contributed by atoms with van der Waals surface area (Å²) in [6.45, 7) is 3.35. The molecule has 16 heavy (non-hydrogen) atoms. The highest BCUT2D eigenvalue weighted by molar-refractivity contribution is 5.97. The number of nitrogens with zero attached hydrogens (tertiary/aromatic N) is 1. The highest BCUT2D eigenvalue weighted by atomic mass is 16.1. The summed E-state index contributed by atoms with van der Waals surface area (Å²) in [4.78, 5) is 15.3. The lowest BCUT2D eigenvalue weighted by atomic mass is 10.1. The number of nitrogens with one attached hydrogen (secondary N) is 1. The Balaban J connectivity index is 2.65. The van der Waals surface area contributed by atoms with E-state index in [4.69, 9.17) is 5.73 Å². The Morgan fingerprint density at radius 2 is 2.12 bits per heavy atom. The minimum absolute atomic E-state index is 0.138. The first-order valence-electron chi connectivity index (χ1n) is 5.01. The molecular weight excluding hydrogens is 202 g/mol. The Kier molecular flexibility index (Phi) is 2.48. The number of pyridine rings is 1. The largest absolute Gasteiger partial charge is 0.398 e. The Bertz CT molecular complexity index is 563. The maximum atomic E-state index is 11.0. The summed E-state index contributed by atoms with van der Waals surface area (Å²) in [5.74, 6) is 0.399. The molecule has 0 saturated carbocycles. The molecule has 0 atom stereocenters. The average Bonchev–Trinajstić information content (AvgIpc) is 2.19. The number of anilines is 2. The van der Waals surface area contributed by atoms with Gasteiger partial charge in [-0.3, -0.25) is 4.79 Å². The predicted octanol–water partition coefficient (Wildman–Crippen LogP) is 2.08. The van der Waals surface area contributed by atoms with Crippen LogP contribution in [0.2, 0.25) is 0 Å². The van der Waals surface area contributed by atoms with Crippen molar-refractivity contribution in [2.75, 3.05) is 11.1 Å². The van der Waals surface area contributed by atoms with E-state index in [0.717, 1.165) is 16.5 Å². The number of aryl methyl sites for hydroxylation is 1. The maximum absolute atomic E-state index is 11.0. The van der Waals surface area contributed by atoms with Gasteiger partial charge in [-0.15, -0.1) is 0 Å². The number of fused-ring (bicyclic) bond motifs is 1. The van der Waals surface area contributed by atoms with Gasteiger partial charge >= 0.3 is 0 Å². The van der Waals surface area contributed by atoms with Gasteiger partial charge in [-0.1, -0.05) is 12.1 Å². The minimum atomic E-state index is -0.138. The Labute approximate surface area is 93.5 Å². The molecular formula is C12H13N3O. The van der Waals surface area contributed by atoms with Crippen molar-refractivity contribution in [1.82, 2.24) is 4.98 Å². The summed E-state index contributed by atoms with van der Waals surface area (Å²) in [5, 5.41) is 4.58. The van der Waals surface area contributed by atoms with E-state index < -0.39 is 0 Å². The number of carbonyl (C=O) groups is 1. The van der Waals surface area contributed by atoms with Gasteiger partial charge in [-0.2, -0.15) is 0 Å². The second-order valence-electron chi connectivity index (χ2n) is 3.72. The zero-order valence-corrected chi connectivity index (χ0v) is 9.24. The van der Waals surface area contributed by atoms with Crippen molar-refractivity contribution in [1.29, 1.82) is 0 Å². The van der Waals surface area contributed by atoms with Crippen LogP contribution in [0.4, 0.5) is 11.5 Å². The van der Waals surface area contributed by atoms with Crippen LogP contribution in [-0.2, 0) is 4.79 Å². The molecule has 2 rings (SSSR count). The molecule has 82 valence electrons. The van der Waals surface area contributed by atoms with Gasteiger partial charge in [0.2, 0.25) is 5.91 Å². The Morgan fingerprint density at radius 3 is 2.81 bits per heavy atom. The molecule has 2 aromatic rings. The fourth-order valence-corrected chi connectivity index (χ4v) is 1.71. The monoisotopic (exact) mass is 215 g/mol. The molecule has 0 aliphatic carbocycles. The molecule has 0 radical (unpaired) electrons. The summed E-state index contributed by atoms with van der Waals surface area (Å²) >= 11 is 0. The topological polar surface area (TPSA) is 68.0 Å². The molecule has 1 heterocycles. The SMILES string of the molecule is CC(=O)Nc1cc2c(N)cccc2c(C)n1. The fourth-order valence-electron chi connectivity index (χ4n) is 1.71. The second-order valence-corrected chi connectivity index (χ2v) is 3.72. The molecule has 0 aliphatic heterocycles. The Morgan fingerprint density at radius 1 is 1.38 bits per heavy atom. The van der Waals surface area contributed by atoms with E-state index in [1.165, 1.54) is 6.92 Å². The van der Waals surface area contributed by atoms with Crippen LogP contribution in [0.5, 0.6) is 0 Å². The van der Waals surface area contributed by atoms with E-state index in [-0.39, 0.29) is 5.91 Å². The van der Waals surface area contributed by atoms with Crippen LogP contribution in [0.3, 0.4) is 0 Å². The van der Waals surface area contributed by atoms with Crippen LogP contribution in [0.1, 0.15) is 12.6 Å². The molecule has 0 aliphatic rings. The third-order valence-electron chi connectivity index (χ3n) is 2.40. The third kappa shape index (κ3) is 1.82. The van der Waals surface area contributed by atoms with E-state index in [1.807, 2.05) is 25.1 Å². The van der Waals surface area contributed by atoms with E-state index in [2.05, 4.69) is 10.3 Å². The highest BCUT2D eigenvalue weighted by Crippen LogP contribution is 2.25. The zero-order chi connectivity index (χ0) is 11.7. The molecule has 1 aromatic carbocycles. The summed E-state index contributed by atoms with van der Waals surface area (Å²) in [6.07, 6.45) is 0. The molecule has 0 unspecified atom stereocenters. The van der Waals surface area contributed by atoms with Gasteiger partial charge in [0.1, 0.15) is 5.82 Å². The number of aromatic nitrogens is 1. The molecule has 4 nitrogen and oxygen atoms in total. The van der Waals surface area contributed by atoms with E-state index in [9.17, 15) is 4.79 Å². The highest BCUT2D eigenvalue weighted by Gasteiger charge is 2.05. The van der Waals surface area contributed by atoms with Gasteiger partial charge in [-0.05, 0) is 19.1 Å². The van der Waals surface area contributed by atoms with Crippen LogP contribution in [0, 0.1) is 6.92 Å². The molecule has 0 fully saturated rings. The van der Waals surface area contributed by atoms with Crippen LogP contribution in [0.25, 0.3) is 10.8 Å². The second kappa shape index (κ2) is 3.81.